The van der Waals surface area contributed by atoms with Gasteiger partial charge in [0.1, 0.15) is 0 Å². The Hall–Kier alpha value is -4.55. The van der Waals surface area contributed by atoms with Gasteiger partial charge in [0.05, 0.1) is 18.7 Å². The number of benzene rings is 4. The average molecular weight is 601 g/mol. The number of carbonyl (C=O) groups is 3. The Balaban J connectivity index is 1.19. The van der Waals surface area contributed by atoms with Crippen molar-refractivity contribution in [2.75, 3.05) is 6.54 Å². The standard InChI is InChI=1S/C39H40N2O4/c42-34(26-41-33(22-29-16-8-3-9-17-29)23-32(39(41)45)21-28-14-6-2-7-15-28)24-31(20-27-12-4-1-5-13-27)38(44)40-37-35-19-11-10-18-30(35)25-36(37)43/h1-19,31-33,36-37,43H,20-26H2,(H,40,44)/t31-,32+,33+,36-,37?/m1/s1. The molecule has 230 valence electrons. The van der Waals surface area contributed by atoms with Crippen LogP contribution < -0.4 is 5.32 Å². The largest absolute Gasteiger partial charge is 0.390 e. The zero-order valence-corrected chi connectivity index (χ0v) is 25.4. The normalized spacial score (nSPS) is 21.4. The Labute approximate surface area is 265 Å². The van der Waals surface area contributed by atoms with E-state index in [1.165, 1.54) is 0 Å². The SMILES string of the molecule is O=C(C[C@@H](Cc1ccccc1)C(=O)NC1c2ccccc2C[C@H]1O)CN1C(=O)[C@@H](Cc2ccccc2)C[C@@H]1Cc1ccccc1. The summed E-state index contributed by atoms with van der Waals surface area (Å²) in [7, 11) is 0. The highest BCUT2D eigenvalue weighted by molar-refractivity contribution is 5.92. The zero-order chi connectivity index (χ0) is 31.2. The second-order valence-corrected chi connectivity index (χ2v) is 12.5. The molecule has 2 N–H and O–H groups in total. The molecule has 6 heteroatoms. The molecule has 1 heterocycles. The van der Waals surface area contributed by atoms with Gasteiger partial charge in [-0.3, -0.25) is 14.4 Å². The van der Waals surface area contributed by atoms with Crippen LogP contribution in [-0.4, -0.2) is 46.3 Å². The number of aliphatic hydroxyl groups excluding tert-OH is 1. The van der Waals surface area contributed by atoms with E-state index < -0.39 is 18.1 Å². The maximum atomic E-state index is 13.8. The Morgan fingerprint density at radius 3 is 2.02 bits per heavy atom. The third kappa shape index (κ3) is 7.40. The molecular formula is C39H40N2O4. The van der Waals surface area contributed by atoms with Crippen molar-refractivity contribution in [1.29, 1.82) is 0 Å². The Morgan fingerprint density at radius 2 is 1.36 bits per heavy atom. The fraction of sp³-hybridized carbons (Fsp3) is 0.308. The molecule has 0 spiro atoms. The molecule has 4 aromatic rings. The number of fused-ring (bicyclic) bond motifs is 1. The molecule has 1 aliphatic heterocycles. The minimum Gasteiger partial charge on any atom is -0.390 e. The number of likely N-dealkylation sites (tertiary alicyclic amines) is 1. The van der Waals surface area contributed by atoms with Crippen LogP contribution in [0.25, 0.3) is 0 Å². The highest BCUT2D eigenvalue weighted by Gasteiger charge is 2.41. The first-order chi connectivity index (χ1) is 21.9. The van der Waals surface area contributed by atoms with E-state index in [4.69, 9.17) is 0 Å². The number of aliphatic hydroxyl groups is 1. The number of Topliss-reactive ketones (excluding diaryl/α,β-unsaturated/α-hetero) is 1. The molecule has 1 fully saturated rings. The quantitative estimate of drug-likeness (QED) is 0.232. The third-order valence-corrected chi connectivity index (χ3v) is 9.29. The second-order valence-electron chi connectivity index (χ2n) is 12.5. The van der Waals surface area contributed by atoms with Crippen molar-refractivity contribution >= 4 is 17.6 Å². The Bertz CT molecular complexity index is 1610. The molecule has 1 unspecified atom stereocenters. The number of hydrogen-bond donors (Lipinski definition) is 2. The molecule has 6 nitrogen and oxygen atoms in total. The van der Waals surface area contributed by atoms with E-state index in [2.05, 4.69) is 17.4 Å². The van der Waals surface area contributed by atoms with E-state index in [1.807, 2.05) is 103 Å². The monoisotopic (exact) mass is 600 g/mol. The summed E-state index contributed by atoms with van der Waals surface area (Å²) in [6.45, 7) is -0.0188. The van der Waals surface area contributed by atoms with Gasteiger partial charge in [0.15, 0.2) is 5.78 Å². The first-order valence-corrected chi connectivity index (χ1v) is 15.9. The molecule has 0 aromatic heterocycles. The van der Waals surface area contributed by atoms with Crippen LogP contribution in [0.5, 0.6) is 0 Å². The molecule has 4 aromatic carbocycles. The molecule has 0 saturated carbocycles. The van der Waals surface area contributed by atoms with E-state index in [-0.39, 0.29) is 42.5 Å². The summed E-state index contributed by atoms with van der Waals surface area (Å²) < 4.78 is 0. The van der Waals surface area contributed by atoms with Crippen LogP contribution in [0.15, 0.2) is 115 Å². The molecule has 5 atom stereocenters. The van der Waals surface area contributed by atoms with Gasteiger partial charge in [0.2, 0.25) is 11.8 Å². The van der Waals surface area contributed by atoms with Crippen molar-refractivity contribution in [3.05, 3.63) is 143 Å². The maximum absolute atomic E-state index is 13.8. The van der Waals surface area contributed by atoms with Gasteiger partial charge in [-0.1, -0.05) is 115 Å². The number of amides is 2. The van der Waals surface area contributed by atoms with Gasteiger partial charge in [0.25, 0.3) is 0 Å². The molecule has 1 saturated heterocycles. The van der Waals surface area contributed by atoms with E-state index in [1.54, 1.807) is 4.90 Å². The topological polar surface area (TPSA) is 86.7 Å². The van der Waals surface area contributed by atoms with Gasteiger partial charge in [-0.2, -0.15) is 0 Å². The molecule has 2 aliphatic rings. The lowest BCUT2D eigenvalue weighted by Gasteiger charge is -2.26. The third-order valence-electron chi connectivity index (χ3n) is 9.29. The minimum atomic E-state index is -0.720. The van der Waals surface area contributed by atoms with Crippen molar-refractivity contribution in [3.63, 3.8) is 0 Å². The van der Waals surface area contributed by atoms with E-state index in [9.17, 15) is 19.5 Å². The van der Waals surface area contributed by atoms with Crippen LogP contribution in [0.2, 0.25) is 0 Å². The van der Waals surface area contributed by atoms with Crippen molar-refractivity contribution in [3.8, 4) is 0 Å². The van der Waals surface area contributed by atoms with Crippen LogP contribution >= 0.6 is 0 Å². The second kappa shape index (κ2) is 14.0. The van der Waals surface area contributed by atoms with Crippen LogP contribution in [0.4, 0.5) is 0 Å². The molecule has 0 radical (unpaired) electrons. The van der Waals surface area contributed by atoms with E-state index in [0.717, 1.165) is 27.8 Å². The molecule has 45 heavy (non-hydrogen) atoms. The summed E-state index contributed by atoms with van der Waals surface area (Å²) in [4.78, 5) is 43.2. The lowest BCUT2D eigenvalue weighted by Crippen LogP contribution is -2.42. The van der Waals surface area contributed by atoms with Gasteiger partial charge in [0, 0.05) is 30.7 Å². The van der Waals surface area contributed by atoms with Gasteiger partial charge < -0.3 is 15.3 Å². The van der Waals surface area contributed by atoms with Gasteiger partial charge in [-0.05, 0) is 53.5 Å². The summed E-state index contributed by atoms with van der Waals surface area (Å²) in [6, 6.07) is 36.9. The molecular weight excluding hydrogens is 560 g/mol. The van der Waals surface area contributed by atoms with Crippen molar-refractivity contribution in [1.82, 2.24) is 10.2 Å². The van der Waals surface area contributed by atoms with Gasteiger partial charge >= 0.3 is 0 Å². The Morgan fingerprint density at radius 1 is 0.778 bits per heavy atom. The smallest absolute Gasteiger partial charge is 0.226 e. The number of ketones is 1. The van der Waals surface area contributed by atoms with Gasteiger partial charge in [-0.15, -0.1) is 0 Å². The summed E-state index contributed by atoms with van der Waals surface area (Å²) in [5, 5.41) is 13.9. The highest BCUT2D eigenvalue weighted by Crippen LogP contribution is 2.33. The first-order valence-electron chi connectivity index (χ1n) is 15.9. The van der Waals surface area contributed by atoms with Crippen LogP contribution in [-0.2, 0) is 40.1 Å². The van der Waals surface area contributed by atoms with Gasteiger partial charge in [-0.25, -0.2) is 0 Å². The van der Waals surface area contributed by atoms with E-state index in [0.29, 0.717) is 32.1 Å². The Kier molecular flexibility index (Phi) is 9.51. The lowest BCUT2D eigenvalue weighted by molar-refractivity contribution is -0.137. The summed E-state index contributed by atoms with van der Waals surface area (Å²) in [5.41, 5.74) is 5.13. The van der Waals surface area contributed by atoms with Crippen molar-refractivity contribution in [2.45, 2.75) is 56.7 Å². The molecule has 0 bridgehead atoms. The maximum Gasteiger partial charge on any atom is 0.226 e. The number of carbonyl (C=O) groups excluding carboxylic acids is 3. The molecule has 1 aliphatic carbocycles. The summed E-state index contributed by atoms with van der Waals surface area (Å²) in [5.74, 6) is -1.22. The fourth-order valence-corrected chi connectivity index (χ4v) is 7.03. The molecule has 6 rings (SSSR count). The number of nitrogens with one attached hydrogen (secondary N) is 1. The number of nitrogens with zero attached hydrogens (tertiary/aromatic N) is 1. The van der Waals surface area contributed by atoms with Crippen molar-refractivity contribution < 1.29 is 19.5 Å². The highest BCUT2D eigenvalue weighted by atomic mass is 16.3. The zero-order valence-electron chi connectivity index (χ0n) is 25.4. The minimum absolute atomic E-state index is 0.00267. The first kappa shape index (κ1) is 30.5. The summed E-state index contributed by atoms with van der Waals surface area (Å²) >= 11 is 0. The fourth-order valence-electron chi connectivity index (χ4n) is 7.03. The summed E-state index contributed by atoms with van der Waals surface area (Å²) in [6.07, 6.45) is 2.16. The molecule has 2 amide bonds. The number of rotatable bonds is 12. The van der Waals surface area contributed by atoms with Crippen LogP contribution in [0.3, 0.4) is 0 Å². The predicted molar refractivity (Wildman–Crippen MR) is 174 cm³/mol. The van der Waals surface area contributed by atoms with Crippen LogP contribution in [0.1, 0.15) is 46.7 Å². The van der Waals surface area contributed by atoms with Crippen molar-refractivity contribution in [2.24, 2.45) is 11.8 Å². The predicted octanol–water partition coefficient (Wildman–Crippen LogP) is 5.28. The average Bonchev–Trinajstić information content (AvgIpc) is 3.52. The van der Waals surface area contributed by atoms with E-state index >= 15 is 0 Å². The van der Waals surface area contributed by atoms with Crippen LogP contribution in [0, 0.1) is 11.8 Å². The lowest BCUT2D eigenvalue weighted by atomic mass is 9.92. The number of hydrogen-bond acceptors (Lipinski definition) is 4.